The van der Waals surface area contributed by atoms with E-state index in [1.54, 1.807) is 32.0 Å². The average Bonchev–Trinajstić information content (AvgIpc) is 3.51. The highest BCUT2D eigenvalue weighted by Crippen LogP contribution is 2.27. The van der Waals surface area contributed by atoms with Crippen molar-refractivity contribution in [3.8, 4) is 46.2 Å². The molecule has 4 aromatic carbocycles. The van der Waals surface area contributed by atoms with Gasteiger partial charge in [-0.15, -0.1) is 0 Å². The maximum atomic E-state index is 13.6. The maximum absolute atomic E-state index is 13.6. The van der Waals surface area contributed by atoms with Gasteiger partial charge in [-0.1, -0.05) is 167 Å². The first-order chi connectivity index (χ1) is 39.1. The number of rotatable bonds is 32. The van der Waals surface area contributed by atoms with Gasteiger partial charge in [-0.05, 0) is 116 Å². The number of amides is 6. The smallest absolute Gasteiger partial charge is 0.324 e. The van der Waals surface area contributed by atoms with Crippen LogP contribution in [0, 0.1) is 18.4 Å². The molecule has 0 radical (unpaired) electrons. The third kappa shape index (κ3) is 30.8. The van der Waals surface area contributed by atoms with E-state index in [0.29, 0.717) is 62.8 Å². The highest BCUT2D eigenvalue weighted by molar-refractivity contribution is 5.99. The van der Waals surface area contributed by atoms with E-state index in [0.717, 1.165) is 60.4 Å². The Morgan fingerprint density at radius 2 is 1.21 bits per heavy atom. The van der Waals surface area contributed by atoms with Gasteiger partial charge < -0.3 is 52.2 Å². The Morgan fingerprint density at radius 1 is 0.679 bits per heavy atom. The standard InChI is InChI=1S/C33H55N5O8.C24H24O2.C3H8O.C2H3N.C2H6/c1-5-9-19-38(33(46)35-21-25(41)12-6-2)32(45)28(8-4)37-30(43)26(29(42)20-23-14-16-24(40)17-15-23)13-10-11-18-34-31(44)27(7-3)36-22-39;1-2-3-4-17-26-24-15-13-23(14-16-24)22-11-9-21(10-12-22)20-7-5-19(18-25)6-8-20;1-2-3-4;1-2-3;1-2/h14-17,22,25-29,40-42H,5-13,18-21H2,1-4H3,(H,34,44)(H,35,46)(H,36,39)(H,37,43);5-16,18H,2-4,17H2,1H3;4H,2-3H2,1H3;1H,3H2;1-2H3/t25-,26?,27?,28?,29-;;;;/m1..../s1. The first-order valence-electron chi connectivity index (χ1n) is 28.8. The molecule has 0 aliphatic heterocycles. The minimum Gasteiger partial charge on any atom is -0.508 e. The molecule has 0 heterocycles. The number of benzene rings is 4. The summed E-state index contributed by atoms with van der Waals surface area (Å²) in [5.74, 6) is -1.33. The molecule has 6 amide bonds. The summed E-state index contributed by atoms with van der Waals surface area (Å²) in [6, 6.07) is 30.1. The monoisotopic (exact) mass is 1120 g/mol. The van der Waals surface area contributed by atoms with E-state index in [1.807, 2.05) is 71.0 Å². The maximum Gasteiger partial charge on any atom is 0.324 e. The Labute approximate surface area is 483 Å². The molecule has 0 saturated heterocycles. The fourth-order valence-electron chi connectivity index (χ4n) is 7.86. The summed E-state index contributed by atoms with van der Waals surface area (Å²) in [6.45, 7) is 17.0. The molecule has 0 aromatic heterocycles. The van der Waals surface area contributed by atoms with Crippen LogP contribution >= 0.6 is 0 Å². The number of hydrogen-bond donors (Lipinski definition) is 9. The molecule has 448 valence electrons. The number of aliphatic hydroxyl groups excluding tert-OH is 3. The fraction of sp³-hybridized carbons (Fsp3) is 0.500. The second-order valence-electron chi connectivity index (χ2n) is 18.8. The lowest BCUT2D eigenvalue weighted by Crippen LogP contribution is -2.55. The Hall–Kier alpha value is -7.26. The zero-order chi connectivity index (χ0) is 60.8. The lowest BCUT2D eigenvalue weighted by molar-refractivity contribution is -0.137. The fourth-order valence-corrected chi connectivity index (χ4v) is 7.86. The van der Waals surface area contributed by atoms with Gasteiger partial charge in [0.1, 0.15) is 29.9 Å². The number of ether oxygens (including phenoxy) is 1. The molecule has 17 nitrogen and oxygen atoms in total. The van der Waals surface area contributed by atoms with Crippen LogP contribution in [0.3, 0.4) is 0 Å². The minimum atomic E-state index is -1.12. The zero-order valence-corrected chi connectivity index (χ0v) is 49.5. The van der Waals surface area contributed by atoms with Crippen LogP contribution in [0.4, 0.5) is 4.79 Å². The minimum absolute atomic E-state index is 0.00438. The molecule has 0 bridgehead atoms. The summed E-state index contributed by atoms with van der Waals surface area (Å²) in [6.07, 6.45) is 12.8. The van der Waals surface area contributed by atoms with Gasteiger partial charge in [0.25, 0.3) is 5.91 Å². The summed E-state index contributed by atoms with van der Waals surface area (Å²) >= 11 is 0. The number of imide groups is 1. The van der Waals surface area contributed by atoms with Crippen LogP contribution < -0.4 is 31.7 Å². The number of nitrogens with zero attached hydrogens (tertiary/aromatic N) is 1. The van der Waals surface area contributed by atoms with Crippen molar-refractivity contribution in [1.29, 1.82) is 0 Å². The first-order valence-corrected chi connectivity index (χ1v) is 28.8. The highest BCUT2D eigenvalue weighted by atomic mass is 16.5. The molecule has 17 heteroatoms. The molecule has 4 rings (SSSR count). The van der Waals surface area contributed by atoms with Crippen LogP contribution in [0.15, 0.2) is 97.1 Å². The highest BCUT2D eigenvalue weighted by Gasteiger charge is 2.33. The quantitative estimate of drug-likeness (QED) is 0.00958. The largest absolute Gasteiger partial charge is 0.508 e. The molecular formula is C64H96N6O11. The average molecular weight is 1130 g/mol. The number of aliphatic hydroxyl groups is 3. The van der Waals surface area contributed by atoms with E-state index in [4.69, 9.17) is 9.84 Å². The van der Waals surface area contributed by atoms with E-state index in [9.17, 15) is 44.1 Å². The summed E-state index contributed by atoms with van der Waals surface area (Å²) in [7, 11) is 0. The van der Waals surface area contributed by atoms with Crippen molar-refractivity contribution in [2.45, 2.75) is 170 Å². The van der Waals surface area contributed by atoms with Crippen LogP contribution in [0.5, 0.6) is 11.5 Å². The predicted octanol–water partition coefficient (Wildman–Crippen LogP) is 9.47. The number of aromatic hydroxyl groups is 1. The Morgan fingerprint density at radius 3 is 1.69 bits per heavy atom. The van der Waals surface area contributed by atoms with Crippen molar-refractivity contribution < 1.29 is 53.9 Å². The van der Waals surface area contributed by atoms with Crippen molar-refractivity contribution in [2.24, 2.45) is 11.7 Å². The van der Waals surface area contributed by atoms with Crippen molar-refractivity contribution in [1.82, 2.24) is 26.2 Å². The normalized spacial score (nSPS) is 12.0. The van der Waals surface area contributed by atoms with E-state index in [-0.39, 0.29) is 44.0 Å². The van der Waals surface area contributed by atoms with Crippen molar-refractivity contribution in [3.05, 3.63) is 108 Å². The van der Waals surface area contributed by atoms with Gasteiger partial charge in [0, 0.05) is 31.8 Å². The van der Waals surface area contributed by atoms with Crippen molar-refractivity contribution >= 4 is 36.4 Å². The summed E-state index contributed by atoms with van der Waals surface area (Å²) < 4.78 is 5.77. The van der Waals surface area contributed by atoms with Gasteiger partial charge in [0.05, 0.1) is 24.7 Å². The van der Waals surface area contributed by atoms with Crippen LogP contribution in [0.25, 0.3) is 22.3 Å². The topological polar surface area (TPSA) is 270 Å². The van der Waals surface area contributed by atoms with Gasteiger partial charge in [0.15, 0.2) is 0 Å². The second kappa shape index (κ2) is 46.5. The number of terminal acetylenes is 1. The number of hydrogen-bond acceptors (Lipinski definition) is 12. The number of aldehydes is 1. The van der Waals surface area contributed by atoms with Gasteiger partial charge in [-0.25, -0.2) is 4.79 Å². The third-order valence-corrected chi connectivity index (χ3v) is 12.5. The number of nitrogens with one attached hydrogen (secondary N) is 4. The van der Waals surface area contributed by atoms with E-state index in [2.05, 4.69) is 76.7 Å². The number of phenolic OH excluding ortho intramolecular Hbond substituents is 1. The molecule has 0 spiro atoms. The number of phenols is 1. The number of carbonyl (C=O) groups is 6. The predicted molar refractivity (Wildman–Crippen MR) is 324 cm³/mol. The van der Waals surface area contributed by atoms with Crippen molar-refractivity contribution in [2.75, 3.05) is 32.8 Å². The SMILES string of the molecule is C#CN.CC.CCCCCOc1ccc(-c2ccc(-c3ccc(C=O)cc3)cc2)cc1.CCCCN(C(=O)NC[C@H](O)CCC)C(=O)C(CC)NC(=O)C(CCCCNC(=O)C(CC)NC=O)[C@H](O)Cc1ccc(O)cc1.CCCO. The molecular weight excluding hydrogens is 1030 g/mol. The van der Waals surface area contributed by atoms with Crippen LogP contribution in [-0.4, -0.2) is 119 Å². The van der Waals surface area contributed by atoms with Gasteiger partial charge in [0.2, 0.25) is 18.2 Å². The zero-order valence-electron chi connectivity index (χ0n) is 49.5. The van der Waals surface area contributed by atoms with Gasteiger partial charge in [-0.3, -0.25) is 28.9 Å². The Bertz CT molecular complexity index is 2340. The first kappa shape index (κ1) is 73.7. The molecule has 0 aliphatic rings. The number of carbonyl (C=O) groups excluding carboxylic acids is 6. The Kier molecular flexibility index (Phi) is 42.3. The summed E-state index contributed by atoms with van der Waals surface area (Å²) in [5.41, 5.74) is 10.4. The van der Waals surface area contributed by atoms with Crippen molar-refractivity contribution in [3.63, 3.8) is 0 Å². The van der Waals surface area contributed by atoms with Crippen LogP contribution in [-0.2, 0) is 25.6 Å². The molecule has 4 aromatic rings. The molecule has 0 saturated carbocycles. The van der Waals surface area contributed by atoms with Gasteiger partial charge >= 0.3 is 6.03 Å². The lowest BCUT2D eigenvalue weighted by Gasteiger charge is -2.29. The van der Waals surface area contributed by atoms with Gasteiger partial charge in [-0.2, -0.15) is 0 Å². The van der Waals surface area contributed by atoms with E-state index in [1.165, 1.54) is 36.1 Å². The molecule has 0 fully saturated rings. The second-order valence-corrected chi connectivity index (χ2v) is 18.8. The number of nitrogens with two attached hydrogens (primary N) is 1. The van der Waals surface area contributed by atoms with Crippen LogP contribution in [0.2, 0.25) is 0 Å². The van der Waals surface area contributed by atoms with E-state index >= 15 is 0 Å². The van der Waals surface area contributed by atoms with E-state index < -0.39 is 48.1 Å². The van der Waals surface area contributed by atoms with Crippen LogP contribution in [0.1, 0.15) is 155 Å². The molecule has 0 aliphatic carbocycles. The summed E-state index contributed by atoms with van der Waals surface area (Å²) in [4.78, 5) is 75.0. The molecule has 5 atom stereocenters. The number of urea groups is 1. The molecule has 81 heavy (non-hydrogen) atoms. The third-order valence-electron chi connectivity index (χ3n) is 12.5. The number of unbranched alkanes of at least 4 members (excludes halogenated alkanes) is 4. The molecule has 3 unspecified atom stereocenters. The molecule has 10 N–H and O–H groups in total. The lowest BCUT2D eigenvalue weighted by atomic mass is 9.90. The Balaban J connectivity index is 0.00000152. The summed E-state index contributed by atoms with van der Waals surface area (Å²) in [5, 5.41) is 49.3.